The maximum absolute atomic E-state index is 12.2. The van der Waals surface area contributed by atoms with E-state index in [4.69, 9.17) is 61.6 Å². The van der Waals surface area contributed by atoms with Gasteiger partial charge in [0.1, 0.15) is 13.2 Å². The number of alkyl carbamates (subject to hydrolysis) is 1. The van der Waals surface area contributed by atoms with Crippen LogP contribution in [0.3, 0.4) is 0 Å². The van der Waals surface area contributed by atoms with Crippen LogP contribution in [-0.4, -0.2) is 171 Å². The van der Waals surface area contributed by atoms with E-state index in [1.165, 1.54) is 28.5 Å². The number of fused-ring (bicyclic) bond motifs is 3. The number of carbonyl (C=O) groups excluding carboxylic acids is 1. The minimum atomic E-state index is -0.454. The summed E-state index contributed by atoms with van der Waals surface area (Å²) in [5.74, 6) is 0.0352. The number of rotatable bonds is 39. The van der Waals surface area contributed by atoms with Crippen molar-refractivity contribution >= 4 is 6.09 Å². The topological polar surface area (TPSA) is 149 Å². The van der Waals surface area contributed by atoms with Crippen LogP contribution in [0, 0.1) is 0 Å². The van der Waals surface area contributed by atoms with E-state index in [2.05, 4.69) is 36.2 Å². The van der Waals surface area contributed by atoms with Gasteiger partial charge < -0.3 is 66.9 Å². The summed E-state index contributed by atoms with van der Waals surface area (Å²) in [5, 5.41) is 2.74. The third-order valence-corrected chi connectivity index (χ3v) is 8.04. The summed E-state index contributed by atoms with van der Waals surface area (Å²) >= 11 is 0. The summed E-state index contributed by atoms with van der Waals surface area (Å²) in [7, 11) is 0. The number of hydrogen-bond acceptors (Lipinski definition) is 14. The Morgan fingerprint density at radius 3 is 1.11 bits per heavy atom. The lowest BCUT2D eigenvalue weighted by atomic mass is 9.98. The van der Waals surface area contributed by atoms with Crippen LogP contribution in [0.25, 0.3) is 11.1 Å². The molecule has 0 saturated carbocycles. The van der Waals surface area contributed by atoms with Crippen molar-refractivity contribution in [2.75, 3.05) is 165 Å². The molecule has 0 aliphatic heterocycles. The van der Waals surface area contributed by atoms with E-state index in [0.717, 1.165) is 0 Å². The Bertz CT molecular complexity index is 1210. The molecule has 0 spiro atoms. The fourth-order valence-corrected chi connectivity index (χ4v) is 5.37. The first-order valence-electron chi connectivity index (χ1n) is 19.5. The SMILES string of the molecule is C=COCCOCCOCCOCCOCCOCCOCCOCCOCCOCCOCCOCCNC(=O)OCC1c2ccccc2-c2ccccc21. The van der Waals surface area contributed by atoms with Crippen LogP contribution in [0.5, 0.6) is 0 Å². The Kier molecular flexibility index (Phi) is 28.6. The van der Waals surface area contributed by atoms with Gasteiger partial charge >= 0.3 is 6.09 Å². The minimum absolute atomic E-state index is 0.0352. The summed E-state index contributed by atoms with van der Waals surface area (Å²) in [6, 6.07) is 16.5. The molecular weight excluding hydrogens is 730 g/mol. The fourth-order valence-electron chi connectivity index (χ4n) is 5.37. The highest BCUT2D eigenvalue weighted by Crippen LogP contribution is 2.44. The van der Waals surface area contributed by atoms with Crippen LogP contribution in [0.2, 0.25) is 0 Å². The van der Waals surface area contributed by atoms with Crippen LogP contribution in [0.1, 0.15) is 17.0 Å². The predicted octanol–water partition coefficient (Wildman–Crippen LogP) is 3.87. The average Bonchev–Trinajstić information content (AvgIpc) is 3.54. The highest BCUT2D eigenvalue weighted by Gasteiger charge is 2.28. The quantitative estimate of drug-likeness (QED) is 0.0771. The van der Waals surface area contributed by atoms with E-state index < -0.39 is 6.09 Å². The highest BCUT2D eigenvalue weighted by molar-refractivity contribution is 5.79. The lowest BCUT2D eigenvalue weighted by Crippen LogP contribution is -2.29. The first kappa shape index (κ1) is 47.2. The van der Waals surface area contributed by atoms with Gasteiger partial charge in [0.15, 0.2) is 0 Å². The van der Waals surface area contributed by atoms with Crippen LogP contribution in [0.4, 0.5) is 4.79 Å². The van der Waals surface area contributed by atoms with Crippen molar-refractivity contribution in [1.29, 1.82) is 0 Å². The lowest BCUT2D eigenvalue weighted by molar-refractivity contribution is -0.0278. The Balaban J connectivity index is 0.937. The van der Waals surface area contributed by atoms with Gasteiger partial charge in [0.05, 0.1) is 152 Å². The van der Waals surface area contributed by atoms with E-state index in [0.29, 0.717) is 159 Å². The minimum Gasteiger partial charge on any atom is -0.499 e. The average molecular weight is 794 g/mol. The van der Waals surface area contributed by atoms with Crippen molar-refractivity contribution in [3.63, 3.8) is 0 Å². The smallest absolute Gasteiger partial charge is 0.407 e. The third kappa shape index (κ3) is 22.5. The molecule has 0 radical (unpaired) electrons. The van der Waals surface area contributed by atoms with E-state index >= 15 is 0 Å². The van der Waals surface area contributed by atoms with Gasteiger partial charge in [-0.1, -0.05) is 55.1 Å². The zero-order valence-electron chi connectivity index (χ0n) is 32.9. The van der Waals surface area contributed by atoms with Gasteiger partial charge in [-0.05, 0) is 22.3 Å². The molecule has 2 aromatic carbocycles. The van der Waals surface area contributed by atoms with Crippen molar-refractivity contribution in [3.8, 4) is 11.1 Å². The van der Waals surface area contributed by atoms with Crippen molar-refractivity contribution in [2.45, 2.75) is 5.92 Å². The lowest BCUT2D eigenvalue weighted by Gasteiger charge is -2.14. The number of ether oxygens (including phenoxy) is 13. The number of carbonyl (C=O) groups is 1. The van der Waals surface area contributed by atoms with E-state index in [9.17, 15) is 4.79 Å². The molecule has 1 aliphatic carbocycles. The second-order valence-electron chi connectivity index (χ2n) is 12.0. The molecule has 0 fully saturated rings. The molecule has 15 heteroatoms. The summed E-state index contributed by atoms with van der Waals surface area (Å²) in [6.07, 6.45) is 0.940. The Labute approximate surface area is 332 Å². The van der Waals surface area contributed by atoms with Crippen LogP contribution >= 0.6 is 0 Å². The molecule has 316 valence electrons. The summed E-state index contributed by atoms with van der Waals surface area (Å²) < 4.78 is 70.7. The van der Waals surface area contributed by atoms with Crippen molar-refractivity contribution in [1.82, 2.24) is 5.32 Å². The van der Waals surface area contributed by atoms with Crippen molar-refractivity contribution in [3.05, 3.63) is 72.5 Å². The molecule has 0 unspecified atom stereocenters. The monoisotopic (exact) mass is 793 g/mol. The van der Waals surface area contributed by atoms with Gasteiger partial charge in [0, 0.05) is 12.5 Å². The molecule has 0 aromatic heterocycles. The molecule has 3 rings (SSSR count). The summed E-state index contributed by atoms with van der Waals surface area (Å²) in [4.78, 5) is 12.2. The fraction of sp³-hybridized carbons (Fsp3) is 0.634. The highest BCUT2D eigenvalue weighted by atomic mass is 16.6. The van der Waals surface area contributed by atoms with Crippen molar-refractivity contribution in [2.24, 2.45) is 0 Å². The molecule has 1 amide bonds. The van der Waals surface area contributed by atoms with Gasteiger partial charge in [-0.3, -0.25) is 0 Å². The molecular formula is C41H63NO14. The number of nitrogens with one attached hydrogen (secondary N) is 1. The molecule has 15 nitrogen and oxygen atoms in total. The van der Waals surface area contributed by atoms with E-state index in [1.54, 1.807) is 0 Å². The van der Waals surface area contributed by atoms with E-state index in [-0.39, 0.29) is 12.5 Å². The Hall–Kier alpha value is -3.19. The van der Waals surface area contributed by atoms with Gasteiger partial charge in [0.25, 0.3) is 0 Å². The second kappa shape index (κ2) is 33.9. The molecule has 56 heavy (non-hydrogen) atoms. The second-order valence-corrected chi connectivity index (χ2v) is 12.0. The molecule has 0 saturated heterocycles. The van der Waals surface area contributed by atoms with Gasteiger partial charge in [-0.15, -0.1) is 0 Å². The van der Waals surface area contributed by atoms with Crippen LogP contribution in [-0.2, 0) is 61.6 Å². The number of hydrogen-bond donors (Lipinski definition) is 1. The maximum atomic E-state index is 12.2. The molecule has 1 N–H and O–H groups in total. The van der Waals surface area contributed by atoms with Crippen LogP contribution < -0.4 is 5.32 Å². The normalized spacial score (nSPS) is 12.1. The standard InChI is InChI=1S/C41H63NO14/c1-2-44-13-14-46-17-18-48-21-22-50-25-26-52-29-30-54-33-34-55-32-31-53-28-27-51-24-23-49-20-19-47-16-15-45-12-11-42-41(43)56-35-40-38-9-5-3-7-36(38)37-8-4-6-10-39(37)40/h2-10,40H,1,11-35H2,(H,42,43). The molecule has 0 atom stereocenters. The Morgan fingerprint density at radius 2 is 0.768 bits per heavy atom. The maximum Gasteiger partial charge on any atom is 0.407 e. The third-order valence-electron chi connectivity index (χ3n) is 8.04. The van der Waals surface area contributed by atoms with Crippen LogP contribution in [0.15, 0.2) is 61.4 Å². The number of amides is 1. The molecule has 0 heterocycles. The Morgan fingerprint density at radius 1 is 0.464 bits per heavy atom. The summed E-state index contributed by atoms with van der Waals surface area (Å²) in [6.45, 7) is 15.2. The van der Waals surface area contributed by atoms with Gasteiger partial charge in [0.2, 0.25) is 0 Å². The largest absolute Gasteiger partial charge is 0.499 e. The number of benzene rings is 2. The molecule has 1 aliphatic rings. The zero-order chi connectivity index (χ0) is 39.4. The van der Waals surface area contributed by atoms with E-state index in [1.807, 2.05) is 24.3 Å². The molecule has 0 bridgehead atoms. The van der Waals surface area contributed by atoms with Crippen molar-refractivity contribution < 1.29 is 66.4 Å². The van der Waals surface area contributed by atoms with Gasteiger partial charge in [-0.25, -0.2) is 4.79 Å². The zero-order valence-corrected chi connectivity index (χ0v) is 32.9. The summed E-state index contributed by atoms with van der Waals surface area (Å²) in [5.41, 5.74) is 4.77. The molecule has 2 aromatic rings. The first-order valence-corrected chi connectivity index (χ1v) is 19.5. The first-order chi connectivity index (χ1) is 27.8. The van der Waals surface area contributed by atoms with Gasteiger partial charge in [-0.2, -0.15) is 0 Å². The predicted molar refractivity (Wildman–Crippen MR) is 208 cm³/mol.